The number of rotatable bonds is 5. The second-order valence-corrected chi connectivity index (χ2v) is 9.17. The van der Waals surface area contributed by atoms with Gasteiger partial charge in [0.05, 0.1) is 0 Å². The van der Waals surface area contributed by atoms with Crippen LogP contribution in [0.15, 0.2) is 47.5 Å². The number of nitrogen functional groups attached to an aromatic ring is 1. The van der Waals surface area contributed by atoms with Gasteiger partial charge >= 0.3 is 6.36 Å². The SMILES string of the molecule is CN(C)C1=NC(N)(C2CCC(NCc3ccc(N)cc3OC(F)(F)F)CC2)Nc2ccccc21. The van der Waals surface area contributed by atoms with Gasteiger partial charge in [-0.2, -0.15) is 0 Å². The highest BCUT2D eigenvalue weighted by atomic mass is 19.4. The van der Waals surface area contributed by atoms with Crippen LogP contribution in [-0.4, -0.2) is 43.0 Å². The molecule has 1 heterocycles. The first kappa shape index (κ1) is 24.2. The maximum absolute atomic E-state index is 12.8. The maximum Gasteiger partial charge on any atom is 0.573 e. The Kier molecular flexibility index (Phi) is 6.64. The minimum absolute atomic E-state index is 0.120. The third-order valence-corrected chi connectivity index (χ3v) is 6.47. The largest absolute Gasteiger partial charge is 0.573 e. The molecule has 0 spiro atoms. The molecule has 2 aromatic carbocycles. The molecule has 1 fully saturated rings. The summed E-state index contributed by atoms with van der Waals surface area (Å²) in [5.74, 6) is -0.221. The van der Waals surface area contributed by atoms with Gasteiger partial charge in [0.2, 0.25) is 0 Å². The quantitative estimate of drug-likeness (QED) is 0.489. The number of hydrogen-bond donors (Lipinski definition) is 4. The molecule has 4 rings (SSSR count). The lowest BCUT2D eigenvalue weighted by Gasteiger charge is -2.43. The molecule has 1 aliphatic carbocycles. The van der Waals surface area contributed by atoms with Crippen LogP contribution in [0.4, 0.5) is 24.5 Å². The first-order valence-electron chi connectivity index (χ1n) is 11.4. The van der Waals surface area contributed by atoms with Crippen molar-refractivity contribution in [3.63, 3.8) is 0 Å². The molecule has 1 atom stereocenters. The van der Waals surface area contributed by atoms with Crippen molar-refractivity contribution in [1.29, 1.82) is 0 Å². The molecule has 1 unspecified atom stereocenters. The Bertz CT molecular complexity index is 1050. The van der Waals surface area contributed by atoms with Gasteiger partial charge in [-0.1, -0.05) is 18.2 Å². The number of anilines is 2. The van der Waals surface area contributed by atoms with Crippen LogP contribution in [0.5, 0.6) is 5.75 Å². The van der Waals surface area contributed by atoms with E-state index in [0.717, 1.165) is 42.8 Å². The Morgan fingerprint density at radius 2 is 1.85 bits per heavy atom. The number of nitrogens with two attached hydrogens (primary N) is 2. The molecule has 10 heteroatoms. The van der Waals surface area contributed by atoms with Crippen LogP contribution in [0.3, 0.4) is 0 Å². The number of alkyl halides is 3. The zero-order valence-corrected chi connectivity index (χ0v) is 19.3. The Morgan fingerprint density at radius 1 is 1.15 bits per heavy atom. The smallest absolute Gasteiger partial charge is 0.405 e. The summed E-state index contributed by atoms with van der Waals surface area (Å²) >= 11 is 0. The van der Waals surface area contributed by atoms with E-state index in [9.17, 15) is 13.2 Å². The lowest BCUT2D eigenvalue weighted by atomic mass is 9.81. The fourth-order valence-electron chi connectivity index (χ4n) is 4.73. The molecule has 2 aliphatic rings. The van der Waals surface area contributed by atoms with Crippen molar-refractivity contribution in [2.24, 2.45) is 16.6 Å². The van der Waals surface area contributed by atoms with E-state index in [-0.39, 0.29) is 29.9 Å². The van der Waals surface area contributed by atoms with E-state index in [4.69, 9.17) is 16.5 Å². The molecule has 1 saturated carbocycles. The van der Waals surface area contributed by atoms with Crippen molar-refractivity contribution in [3.05, 3.63) is 53.6 Å². The highest BCUT2D eigenvalue weighted by Gasteiger charge is 2.41. The summed E-state index contributed by atoms with van der Waals surface area (Å²) in [5.41, 5.74) is 15.1. The van der Waals surface area contributed by atoms with Crippen molar-refractivity contribution in [1.82, 2.24) is 10.2 Å². The molecule has 0 aromatic heterocycles. The molecule has 0 amide bonds. The van der Waals surface area contributed by atoms with Crippen LogP contribution >= 0.6 is 0 Å². The lowest BCUT2D eigenvalue weighted by Crippen LogP contribution is -2.57. The van der Waals surface area contributed by atoms with Crippen LogP contribution in [0.25, 0.3) is 0 Å². The van der Waals surface area contributed by atoms with Gasteiger partial charge in [-0.05, 0) is 43.9 Å². The first-order chi connectivity index (χ1) is 16.0. The molecule has 1 aliphatic heterocycles. The van der Waals surface area contributed by atoms with Crippen molar-refractivity contribution >= 4 is 17.2 Å². The van der Waals surface area contributed by atoms with Crippen LogP contribution in [-0.2, 0) is 6.54 Å². The zero-order valence-electron chi connectivity index (χ0n) is 19.3. The number of aliphatic imine (C=N–C) groups is 1. The van der Waals surface area contributed by atoms with E-state index in [0.29, 0.717) is 5.56 Å². The van der Waals surface area contributed by atoms with Gasteiger partial charge in [-0.25, -0.2) is 4.99 Å². The average Bonchev–Trinajstić information content (AvgIpc) is 2.77. The van der Waals surface area contributed by atoms with E-state index in [2.05, 4.69) is 15.4 Å². The van der Waals surface area contributed by atoms with Crippen LogP contribution in [0.1, 0.15) is 36.8 Å². The highest BCUT2D eigenvalue weighted by Crippen LogP contribution is 2.37. The van der Waals surface area contributed by atoms with Crippen molar-refractivity contribution in [3.8, 4) is 5.75 Å². The summed E-state index contributed by atoms with van der Waals surface area (Å²) in [6.45, 7) is 0.253. The standard InChI is InChI=1S/C24H31F3N6O/c1-33(2)22-19-5-3-4-6-20(19)31-23(29,32-22)16-8-11-18(12-9-16)30-14-15-7-10-17(28)13-21(15)34-24(25,26)27/h3-7,10,13,16,18,30-31H,8-9,11-12,14,28-29H2,1-2H3. The fraction of sp³-hybridized carbons (Fsp3) is 0.458. The Morgan fingerprint density at radius 3 is 2.53 bits per heavy atom. The van der Waals surface area contributed by atoms with E-state index in [1.54, 1.807) is 12.1 Å². The number of nitrogens with one attached hydrogen (secondary N) is 2. The summed E-state index contributed by atoms with van der Waals surface area (Å²) in [4.78, 5) is 6.88. The molecule has 6 N–H and O–H groups in total. The van der Waals surface area contributed by atoms with Gasteiger partial charge in [-0.15, -0.1) is 13.2 Å². The highest BCUT2D eigenvalue weighted by molar-refractivity contribution is 6.05. The summed E-state index contributed by atoms with van der Waals surface area (Å²) < 4.78 is 42.4. The number of benzene rings is 2. The molecular formula is C24H31F3N6O. The van der Waals surface area contributed by atoms with Gasteiger partial charge in [0, 0.05) is 61.2 Å². The van der Waals surface area contributed by atoms with E-state index in [1.807, 2.05) is 43.3 Å². The van der Waals surface area contributed by atoms with Gasteiger partial charge in [0.1, 0.15) is 11.6 Å². The summed E-state index contributed by atoms with van der Waals surface area (Å²) in [6, 6.07) is 12.5. The third kappa shape index (κ3) is 5.39. The van der Waals surface area contributed by atoms with Crippen molar-refractivity contribution in [2.75, 3.05) is 25.1 Å². The van der Waals surface area contributed by atoms with E-state index in [1.165, 1.54) is 6.07 Å². The molecule has 184 valence electrons. The van der Waals surface area contributed by atoms with Crippen molar-refractivity contribution < 1.29 is 17.9 Å². The monoisotopic (exact) mass is 476 g/mol. The second kappa shape index (κ2) is 9.34. The lowest BCUT2D eigenvalue weighted by molar-refractivity contribution is -0.274. The van der Waals surface area contributed by atoms with Gasteiger partial charge in [0.25, 0.3) is 0 Å². The van der Waals surface area contributed by atoms with Crippen LogP contribution in [0.2, 0.25) is 0 Å². The number of amidine groups is 1. The zero-order chi connectivity index (χ0) is 24.5. The molecule has 7 nitrogen and oxygen atoms in total. The second-order valence-electron chi connectivity index (χ2n) is 9.17. The first-order valence-corrected chi connectivity index (χ1v) is 11.4. The van der Waals surface area contributed by atoms with E-state index < -0.39 is 12.1 Å². The third-order valence-electron chi connectivity index (χ3n) is 6.47. The number of fused-ring (bicyclic) bond motifs is 1. The molecular weight excluding hydrogens is 445 g/mol. The van der Waals surface area contributed by atoms with Gasteiger partial charge in [-0.3, -0.25) is 5.73 Å². The summed E-state index contributed by atoms with van der Waals surface area (Å²) in [7, 11) is 3.91. The molecule has 0 bridgehead atoms. The number of nitrogens with zero attached hydrogens (tertiary/aromatic N) is 2. The van der Waals surface area contributed by atoms with Gasteiger partial charge < -0.3 is 26.0 Å². The molecule has 34 heavy (non-hydrogen) atoms. The number of hydrogen-bond acceptors (Lipinski definition) is 7. The maximum atomic E-state index is 12.8. The Labute approximate surface area is 197 Å². The molecule has 0 saturated heterocycles. The topological polar surface area (TPSA) is 101 Å². The summed E-state index contributed by atoms with van der Waals surface area (Å²) in [6.07, 6.45) is -1.43. The minimum Gasteiger partial charge on any atom is -0.405 e. The average molecular weight is 477 g/mol. The fourth-order valence-corrected chi connectivity index (χ4v) is 4.73. The van der Waals surface area contributed by atoms with E-state index >= 15 is 0 Å². The minimum atomic E-state index is -4.77. The molecule has 2 aromatic rings. The number of ether oxygens (including phenoxy) is 1. The summed E-state index contributed by atoms with van der Waals surface area (Å²) in [5, 5.41) is 6.81. The molecule has 0 radical (unpaired) electrons. The predicted molar refractivity (Wildman–Crippen MR) is 127 cm³/mol. The normalized spacial score (nSPS) is 24.6. The Balaban J connectivity index is 1.40. The van der Waals surface area contributed by atoms with Crippen molar-refractivity contribution in [2.45, 2.75) is 50.4 Å². The predicted octanol–water partition coefficient (Wildman–Crippen LogP) is 3.86. The van der Waals surface area contributed by atoms with Crippen LogP contribution < -0.4 is 26.8 Å². The number of halogens is 3. The van der Waals surface area contributed by atoms with Crippen LogP contribution in [0, 0.1) is 5.92 Å². The Hall–Kier alpha value is -2.98. The van der Waals surface area contributed by atoms with Gasteiger partial charge in [0.15, 0.2) is 5.79 Å². The number of para-hydroxylation sites is 1.